The summed E-state index contributed by atoms with van der Waals surface area (Å²) in [6.07, 6.45) is 5.41. The fourth-order valence-corrected chi connectivity index (χ4v) is 7.04. The maximum absolute atomic E-state index is 13.4. The molecule has 2 aromatic rings. The number of nitrogens with zero attached hydrogens (tertiary/aromatic N) is 3. The second-order valence-corrected chi connectivity index (χ2v) is 14.2. The van der Waals surface area contributed by atoms with Gasteiger partial charge in [0.25, 0.3) is 15.9 Å². The van der Waals surface area contributed by atoms with Crippen LogP contribution in [0.2, 0.25) is 0 Å². The summed E-state index contributed by atoms with van der Waals surface area (Å²) in [6.45, 7) is 14.2. The third-order valence-corrected chi connectivity index (χ3v) is 9.32. The Balaban J connectivity index is 1.67. The van der Waals surface area contributed by atoms with Crippen LogP contribution >= 0.6 is 0 Å². The molecule has 0 radical (unpaired) electrons. The molecule has 0 bridgehead atoms. The molecule has 0 spiro atoms. The Hall–Kier alpha value is -2.68. The molecule has 1 atom stereocenters. The minimum absolute atomic E-state index is 0.0658. The highest BCUT2D eigenvalue weighted by molar-refractivity contribution is 7.90. The monoisotopic (exact) mass is 527 g/mol. The van der Waals surface area contributed by atoms with Gasteiger partial charge >= 0.3 is 0 Å². The number of nitrogen functional groups attached to an aromatic ring is 1. The Labute approximate surface area is 221 Å². The third kappa shape index (κ3) is 5.92. The molecule has 8 nitrogen and oxygen atoms in total. The van der Waals surface area contributed by atoms with E-state index in [4.69, 9.17) is 10.7 Å². The summed E-state index contributed by atoms with van der Waals surface area (Å²) in [5, 5.41) is -0.294. The summed E-state index contributed by atoms with van der Waals surface area (Å²) in [5.41, 5.74) is 6.98. The summed E-state index contributed by atoms with van der Waals surface area (Å²) in [7, 11) is -4.20. The van der Waals surface area contributed by atoms with Crippen LogP contribution in [0.1, 0.15) is 95.6 Å². The van der Waals surface area contributed by atoms with Crippen LogP contribution in [0.5, 0.6) is 0 Å². The highest BCUT2D eigenvalue weighted by Crippen LogP contribution is 2.44. The number of rotatable bonds is 5. The molecule has 1 saturated heterocycles. The predicted octanol–water partition coefficient (Wildman–Crippen LogP) is 5.12. The molecule has 0 unspecified atom stereocenters. The van der Waals surface area contributed by atoms with Gasteiger partial charge in [0.15, 0.2) is 5.03 Å². The van der Waals surface area contributed by atoms with E-state index in [-0.39, 0.29) is 21.9 Å². The molecule has 1 saturated carbocycles. The van der Waals surface area contributed by atoms with Gasteiger partial charge in [-0.15, -0.1) is 0 Å². The van der Waals surface area contributed by atoms with Crippen molar-refractivity contribution < 1.29 is 13.2 Å². The second-order valence-electron chi connectivity index (χ2n) is 12.6. The van der Waals surface area contributed by atoms with Crippen molar-refractivity contribution >= 4 is 27.6 Å². The topological polar surface area (TPSA) is 118 Å². The first-order chi connectivity index (χ1) is 17.2. The number of carbonyl (C=O) groups excluding carboxylic acids is 1. The quantitative estimate of drug-likeness (QED) is 0.554. The van der Waals surface area contributed by atoms with Crippen molar-refractivity contribution in [1.82, 2.24) is 14.7 Å². The molecule has 2 fully saturated rings. The molecule has 4 rings (SSSR count). The van der Waals surface area contributed by atoms with Crippen molar-refractivity contribution in [3.05, 3.63) is 41.6 Å². The molecular formula is C28H41N5O3S. The van der Waals surface area contributed by atoms with Gasteiger partial charge in [-0.1, -0.05) is 33.8 Å². The van der Waals surface area contributed by atoms with Crippen LogP contribution in [0.25, 0.3) is 0 Å². The Morgan fingerprint density at radius 2 is 1.76 bits per heavy atom. The average molecular weight is 528 g/mol. The fourth-order valence-electron chi connectivity index (χ4n) is 6.10. The van der Waals surface area contributed by atoms with Gasteiger partial charge in [-0.2, -0.15) is 8.42 Å². The summed E-state index contributed by atoms with van der Waals surface area (Å²) in [4.78, 5) is 24.5. The minimum Gasteiger partial charge on any atom is -0.384 e. The number of hydrogen-bond donors (Lipinski definition) is 2. The first kappa shape index (κ1) is 27.4. The summed E-state index contributed by atoms with van der Waals surface area (Å²) in [6, 6.07) is 7.94. The molecule has 0 aromatic carbocycles. The van der Waals surface area contributed by atoms with Crippen LogP contribution in [0, 0.1) is 17.3 Å². The molecule has 37 heavy (non-hydrogen) atoms. The van der Waals surface area contributed by atoms with Crippen LogP contribution in [-0.2, 0) is 10.0 Å². The van der Waals surface area contributed by atoms with Gasteiger partial charge in [0.1, 0.15) is 11.6 Å². The van der Waals surface area contributed by atoms with Gasteiger partial charge in [0.2, 0.25) is 0 Å². The predicted molar refractivity (Wildman–Crippen MR) is 147 cm³/mol. The number of anilines is 2. The zero-order chi connectivity index (χ0) is 27.2. The summed E-state index contributed by atoms with van der Waals surface area (Å²) < 4.78 is 28.0. The van der Waals surface area contributed by atoms with Crippen molar-refractivity contribution in [2.45, 2.75) is 90.1 Å². The number of nitrogens with two attached hydrogens (primary N) is 1. The number of aromatic nitrogens is 2. The Morgan fingerprint density at radius 3 is 2.32 bits per heavy atom. The fraction of sp³-hybridized carbons (Fsp3) is 0.607. The van der Waals surface area contributed by atoms with E-state index in [1.54, 1.807) is 6.07 Å². The van der Waals surface area contributed by atoms with Gasteiger partial charge in [0, 0.05) is 23.7 Å². The van der Waals surface area contributed by atoms with E-state index in [0.717, 1.165) is 44.3 Å². The Kier molecular flexibility index (Phi) is 7.31. The second kappa shape index (κ2) is 9.89. The maximum Gasteiger partial charge on any atom is 0.281 e. The lowest BCUT2D eigenvalue weighted by molar-refractivity contribution is 0.0981. The number of hydrogen-bond acceptors (Lipinski definition) is 7. The number of amides is 1. The zero-order valence-electron chi connectivity index (χ0n) is 22.9. The highest BCUT2D eigenvalue weighted by Gasteiger charge is 2.40. The number of sulfonamides is 1. The highest BCUT2D eigenvalue weighted by atomic mass is 32.2. The van der Waals surface area contributed by atoms with Crippen LogP contribution in [-0.4, -0.2) is 36.4 Å². The van der Waals surface area contributed by atoms with E-state index in [9.17, 15) is 13.2 Å². The SMILES string of the molecule is C[C@@H]1CN(c2nc(C3CCC(C(C)(C)C)CC3)ccc2C(=O)NS(=O)(=O)c2cccc(N)n2)C(C)(C)C1. The van der Waals surface area contributed by atoms with E-state index >= 15 is 0 Å². The minimum atomic E-state index is -4.20. The molecule has 2 aliphatic rings. The zero-order valence-corrected chi connectivity index (χ0v) is 23.7. The van der Waals surface area contributed by atoms with Crippen molar-refractivity contribution in [2.75, 3.05) is 17.2 Å². The molecular weight excluding hydrogens is 486 g/mol. The summed E-state index contributed by atoms with van der Waals surface area (Å²) >= 11 is 0. The van der Waals surface area contributed by atoms with Gasteiger partial charge in [-0.25, -0.2) is 14.7 Å². The maximum atomic E-state index is 13.4. The van der Waals surface area contributed by atoms with Crippen LogP contribution < -0.4 is 15.4 Å². The number of pyridine rings is 2. The van der Waals surface area contributed by atoms with Gasteiger partial charge in [-0.05, 0) is 87.5 Å². The molecule has 3 N–H and O–H groups in total. The number of nitrogens with one attached hydrogen (secondary N) is 1. The van der Waals surface area contributed by atoms with Crippen molar-refractivity contribution in [1.29, 1.82) is 0 Å². The van der Waals surface area contributed by atoms with Crippen molar-refractivity contribution in [2.24, 2.45) is 17.3 Å². The average Bonchev–Trinajstić information content (AvgIpc) is 3.09. The lowest BCUT2D eigenvalue weighted by atomic mass is 9.69. The first-order valence-electron chi connectivity index (χ1n) is 13.3. The lowest BCUT2D eigenvalue weighted by Crippen LogP contribution is -2.41. The van der Waals surface area contributed by atoms with Crippen LogP contribution in [0.3, 0.4) is 0 Å². The van der Waals surface area contributed by atoms with E-state index in [0.29, 0.717) is 29.0 Å². The van der Waals surface area contributed by atoms with Crippen LogP contribution in [0.4, 0.5) is 11.6 Å². The molecule has 1 amide bonds. The molecule has 2 aromatic heterocycles. The standard InChI is InChI=1S/C28H41N5O3S/c1-18-16-28(5,6)33(17-18)25-21(26(34)32-37(35,36)24-9-7-8-23(29)31-24)14-15-22(30-25)19-10-12-20(13-11-19)27(2,3)4/h7-9,14-15,18-20H,10-13,16-17H2,1-6H3,(H2,29,31)(H,32,34)/t18-,19?,20?/m0/s1. The third-order valence-electron chi connectivity index (χ3n) is 8.09. The Morgan fingerprint density at radius 1 is 1.08 bits per heavy atom. The molecule has 202 valence electrons. The summed E-state index contributed by atoms with van der Waals surface area (Å²) in [5.74, 6) is 1.35. The number of carbonyl (C=O) groups is 1. The van der Waals surface area contributed by atoms with E-state index in [1.165, 1.54) is 18.2 Å². The van der Waals surface area contributed by atoms with Gasteiger partial charge in [-0.3, -0.25) is 4.79 Å². The van der Waals surface area contributed by atoms with Crippen molar-refractivity contribution in [3.63, 3.8) is 0 Å². The normalized spacial score (nSPS) is 24.2. The van der Waals surface area contributed by atoms with E-state index in [2.05, 4.69) is 56.1 Å². The largest absolute Gasteiger partial charge is 0.384 e. The molecule has 1 aliphatic carbocycles. The van der Waals surface area contributed by atoms with Crippen molar-refractivity contribution in [3.8, 4) is 0 Å². The van der Waals surface area contributed by atoms with Crippen LogP contribution in [0.15, 0.2) is 35.4 Å². The molecule has 3 heterocycles. The first-order valence-corrected chi connectivity index (χ1v) is 14.7. The molecule has 1 aliphatic heterocycles. The van der Waals surface area contributed by atoms with Gasteiger partial charge < -0.3 is 10.6 Å². The molecule has 9 heteroatoms. The Bertz CT molecular complexity index is 1260. The van der Waals surface area contributed by atoms with Gasteiger partial charge in [0.05, 0.1) is 5.56 Å². The van der Waals surface area contributed by atoms with E-state index < -0.39 is 15.9 Å². The van der Waals surface area contributed by atoms with E-state index in [1.807, 2.05) is 6.07 Å². The lowest BCUT2D eigenvalue weighted by Gasteiger charge is -2.37. The smallest absolute Gasteiger partial charge is 0.281 e.